The number of amides is 2. The van der Waals surface area contributed by atoms with Gasteiger partial charge in [0.1, 0.15) is 11.0 Å². The summed E-state index contributed by atoms with van der Waals surface area (Å²) in [5.41, 5.74) is 1.20. The van der Waals surface area contributed by atoms with E-state index in [4.69, 9.17) is 11.6 Å². The fraction of sp³-hybridized carbons (Fsp3) is 0.222. The number of carbonyl (C=O) groups is 2. The Bertz CT molecular complexity index is 807. The Morgan fingerprint density at radius 3 is 2.65 bits per heavy atom. The maximum atomic E-state index is 12.6. The first-order chi connectivity index (χ1) is 12.5. The molecule has 0 unspecified atom stereocenters. The Balaban J connectivity index is 1.57. The van der Waals surface area contributed by atoms with Crippen LogP contribution in [0.4, 0.5) is 11.5 Å². The molecule has 0 saturated carbocycles. The molecule has 1 aliphatic heterocycles. The third-order valence-electron chi connectivity index (χ3n) is 4.03. The van der Waals surface area contributed by atoms with E-state index in [9.17, 15) is 9.59 Å². The van der Waals surface area contributed by atoms with E-state index in [0.717, 1.165) is 6.42 Å². The molecule has 1 fully saturated rings. The zero-order chi connectivity index (χ0) is 18.5. The lowest BCUT2D eigenvalue weighted by atomic mass is 10.2. The van der Waals surface area contributed by atoms with Gasteiger partial charge in [0.15, 0.2) is 0 Å². The van der Waals surface area contributed by atoms with Gasteiger partial charge in [-0.15, -0.1) is 0 Å². The second-order valence-corrected chi connectivity index (χ2v) is 6.26. The van der Waals surface area contributed by atoms with Gasteiger partial charge in [-0.05, 0) is 36.8 Å². The number of hydrogen-bond donors (Lipinski definition) is 2. The summed E-state index contributed by atoms with van der Waals surface area (Å²) in [4.78, 5) is 33.8. The second kappa shape index (κ2) is 7.97. The monoisotopic (exact) mass is 371 g/mol. The summed E-state index contributed by atoms with van der Waals surface area (Å²) in [5, 5.41) is 6.25. The van der Waals surface area contributed by atoms with Crippen LogP contribution in [-0.4, -0.2) is 45.8 Å². The zero-order valence-corrected chi connectivity index (χ0v) is 14.7. The lowest BCUT2D eigenvalue weighted by Crippen LogP contribution is -2.31. The number of nitrogens with one attached hydrogen (secondary N) is 2. The van der Waals surface area contributed by atoms with E-state index in [2.05, 4.69) is 27.2 Å². The number of halogens is 1. The highest BCUT2D eigenvalue weighted by atomic mass is 35.5. The van der Waals surface area contributed by atoms with E-state index in [1.165, 1.54) is 12.3 Å². The molecule has 2 N–H and O–H groups in total. The molecule has 3 rings (SSSR count). The number of nitrogens with zero attached hydrogens (tertiary/aromatic N) is 3. The molecule has 134 valence electrons. The molecule has 1 aromatic carbocycles. The van der Waals surface area contributed by atoms with Gasteiger partial charge in [0, 0.05) is 30.4 Å². The van der Waals surface area contributed by atoms with Crippen LogP contribution in [0.2, 0.25) is 5.15 Å². The molecule has 1 aliphatic rings. The van der Waals surface area contributed by atoms with Gasteiger partial charge < -0.3 is 15.5 Å². The largest absolute Gasteiger partial charge is 0.364 e. The molecular formula is C18H18ClN5O2. The number of rotatable bonds is 5. The Morgan fingerprint density at radius 2 is 2.00 bits per heavy atom. The first kappa shape index (κ1) is 17.9. The smallest absolute Gasteiger partial charge is 0.253 e. The van der Waals surface area contributed by atoms with E-state index in [1.54, 1.807) is 35.4 Å². The number of benzene rings is 1. The van der Waals surface area contributed by atoms with Gasteiger partial charge in [0.2, 0.25) is 5.91 Å². The molecular weight excluding hydrogens is 354 g/mol. The van der Waals surface area contributed by atoms with Crippen LogP contribution in [0.25, 0.3) is 0 Å². The highest BCUT2D eigenvalue weighted by Crippen LogP contribution is 2.18. The van der Waals surface area contributed by atoms with Crippen molar-refractivity contribution in [1.82, 2.24) is 14.9 Å². The molecule has 2 aromatic rings. The summed E-state index contributed by atoms with van der Waals surface area (Å²) in [5.74, 6) is 0.303. The van der Waals surface area contributed by atoms with Crippen LogP contribution in [0, 0.1) is 0 Å². The van der Waals surface area contributed by atoms with Gasteiger partial charge in [-0.2, -0.15) is 0 Å². The maximum absolute atomic E-state index is 12.6. The van der Waals surface area contributed by atoms with Gasteiger partial charge in [-0.25, -0.2) is 9.97 Å². The third kappa shape index (κ3) is 4.37. The maximum Gasteiger partial charge on any atom is 0.253 e. The Kier molecular flexibility index (Phi) is 5.48. The standard InChI is InChI=1S/C18H18ClN5O2/c1-2-17(25)23-13-5-3-12(4-6-13)18(26)24-8-7-14(11-24)22-16-10-20-15(19)9-21-16/h2-6,9-10,14H,1,7-8,11H2,(H,21,22)(H,23,25)/t14-/m0/s1. The van der Waals surface area contributed by atoms with Crippen molar-refractivity contribution in [2.45, 2.75) is 12.5 Å². The van der Waals surface area contributed by atoms with E-state index in [-0.39, 0.29) is 17.9 Å². The van der Waals surface area contributed by atoms with Crippen molar-refractivity contribution in [2.24, 2.45) is 0 Å². The quantitative estimate of drug-likeness (QED) is 0.789. The minimum absolute atomic E-state index is 0.0434. The average Bonchev–Trinajstić information content (AvgIpc) is 3.12. The summed E-state index contributed by atoms with van der Waals surface area (Å²) in [7, 11) is 0. The van der Waals surface area contributed by atoms with Crippen molar-refractivity contribution in [1.29, 1.82) is 0 Å². The van der Waals surface area contributed by atoms with Crippen LogP contribution in [0.1, 0.15) is 16.8 Å². The van der Waals surface area contributed by atoms with Crippen molar-refractivity contribution < 1.29 is 9.59 Å². The molecule has 0 aliphatic carbocycles. The average molecular weight is 372 g/mol. The molecule has 7 nitrogen and oxygen atoms in total. The summed E-state index contributed by atoms with van der Waals surface area (Å²) >= 11 is 5.73. The Labute approximate surface area is 156 Å². The molecule has 0 spiro atoms. The van der Waals surface area contributed by atoms with Gasteiger partial charge >= 0.3 is 0 Å². The summed E-state index contributed by atoms with van der Waals surface area (Å²) in [6.45, 7) is 4.64. The third-order valence-corrected chi connectivity index (χ3v) is 4.23. The highest BCUT2D eigenvalue weighted by Gasteiger charge is 2.27. The first-order valence-electron chi connectivity index (χ1n) is 8.12. The zero-order valence-electron chi connectivity index (χ0n) is 14.0. The van der Waals surface area contributed by atoms with Crippen molar-refractivity contribution in [3.63, 3.8) is 0 Å². The highest BCUT2D eigenvalue weighted by molar-refractivity contribution is 6.29. The molecule has 1 aromatic heterocycles. The van der Waals surface area contributed by atoms with Crippen LogP contribution in [-0.2, 0) is 4.79 Å². The second-order valence-electron chi connectivity index (χ2n) is 5.88. The molecule has 8 heteroatoms. The summed E-state index contributed by atoms with van der Waals surface area (Å²) < 4.78 is 0. The molecule has 26 heavy (non-hydrogen) atoms. The van der Waals surface area contributed by atoms with Gasteiger partial charge in [0.05, 0.1) is 12.4 Å². The van der Waals surface area contributed by atoms with Gasteiger partial charge in [-0.1, -0.05) is 18.2 Å². The number of anilines is 2. The lowest BCUT2D eigenvalue weighted by molar-refractivity contribution is -0.111. The number of aromatic nitrogens is 2. The molecule has 2 heterocycles. The molecule has 1 atom stereocenters. The number of carbonyl (C=O) groups excluding carboxylic acids is 2. The van der Waals surface area contributed by atoms with E-state index in [0.29, 0.717) is 35.3 Å². The number of hydrogen-bond acceptors (Lipinski definition) is 5. The predicted octanol–water partition coefficient (Wildman–Crippen LogP) is 2.58. The van der Waals surface area contributed by atoms with Crippen LogP contribution in [0.5, 0.6) is 0 Å². The van der Waals surface area contributed by atoms with Gasteiger partial charge in [-0.3, -0.25) is 9.59 Å². The van der Waals surface area contributed by atoms with E-state index in [1.807, 2.05) is 0 Å². The fourth-order valence-electron chi connectivity index (χ4n) is 2.73. The van der Waals surface area contributed by atoms with E-state index >= 15 is 0 Å². The summed E-state index contributed by atoms with van der Waals surface area (Å²) in [6, 6.07) is 6.91. The minimum Gasteiger partial charge on any atom is -0.364 e. The van der Waals surface area contributed by atoms with E-state index < -0.39 is 0 Å². The van der Waals surface area contributed by atoms with Crippen molar-refractivity contribution in [2.75, 3.05) is 23.7 Å². The lowest BCUT2D eigenvalue weighted by Gasteiger charge is -2.17. The molecule has 0 bridgehead atoms. The molecule has 2 amide bonds. The normalized spacial score (nSPS) is 16.2. The topological polar surface area (TPSA) is 87.2 Å². The first-order valence-corrected chi connectivity index (χ1v) is 8.50. The molecule has 1 saturated heterocycles. The summed E-state index contributed by atoms with van der Waals surface area (Å²) in [6.07, 6.45) is 5.07. The van der Waals surface area contributed by atoms with Crippen molar-refractivity contribution in [3.05, 3.63) is 60.0 Å². The molecule has 0 radical (unpaired) electrons. The van der Waals surface area contributed by atoms with Crippen molar-refractivity contribution >= 4 is 34.9 Å². The number of likely N-dealkylation sites (tertiary alicyclic amines) is 1. The van der Waals surface area contributed by atoms with Crippen molar-refractivity contribution in [3.8, 4) is 0 Å². The van der Waals surface area contributed by atoms with Crippen LogP contribution in [0.15, 0.2) is 49.3 Å². The Morgan fingerprint density at radius 1 is 1.23 bits per heavy atom. The SMILES string of the molecule is C=CC(=O)Nc1ccc(C(=O)N2CC[C@H](Nc3cnc(Cl)cn3)C2)cc1. The predicted molar refractivity (Wildman–Crippen MR) is 100 cm³/mol. The van der Waals surface area contributed by atoms with Crippen LogP contribution in [0.3, 0.4) is 0 Å². The van der Waals surface area contributed by atoms with Crippen LogP contribution < -0.4 is 10.6 Å². The Hall–Kier alpha value is -2.93. The fourth-order valence-corrected chi connectivity index (χ4v) is 2.83. The minimum atomic E-state index is -0.289. The van der Waals surface area contributed by atoms with Crippen LogP contribution >= 0.6 is 11.6 Å². The van der Waals surface area contributed by atoms with Gasteiger partial charge in [0.25, 0.3) is 5.91 Å².